The van der Waals surface area contributed by atoms with Crippen LogP contribution < -0.4 is 5.32 Å². The van der Waals surface area contributed by atoms with Crippen molar-refractivity contribution in [2.24, 2.45) is 5.41 Å². The second-order valence-electron chi connectivity index (χ2n) is 7.21. The summed E-state index contributed by atoms with van der Waals surface area (Å²) in [7, 11) is 0. The fourth-order valence-corrected chi connectivity index (χ4v) is 4.24. The van der Waals surface area contributed by atoms with Gasteiger partial charge in [0.25, 0.3) is 0 Å². The van der Waals surface area contributed by atoms with Crippen LogP contribution >= 0.6 is 0 Å². The molecule has 1 N–H and O–H groups in total. The number of benzene rings is 2. The molecule has 2 aliphatic heterocycles. The van der Waals surface area contributed by atoms with Gasteiger partial charge in [0.15, 0.2) is 0 Å². The molecule has 0 aliphatic carbocycles. The van der Waals surface area contributed by atoms with Crippen molar-refractivity contribution in [1.82, 2.24) is 10.2 Å². The van der Waals surface area contributed by atoms with E-state index in [1.165, 1.54) is 16.7 Å². The molecule has 0 radical (unpaired) electrons. The maximum absolute atomic E-state index is 12.9. The second kappa shape index (κ2) is 6.40. The minimum Gasteiger partial charge on any atom is -0.351 e. The van der Waals surface area contributed by atoms with Gasteiger partial charge in [0.1, 0.15) is 0 Å². The molecule has 2 aromatic carbocycles. The summed E-state index contributed by atoms with van der Waals surface area (Å²) >= 11 is 0. The average Bonchev–Trinajstić information content (AvgIpc) is 2.74. The fourth-order valence-electron chi connectivity index (χ4n) is 4.24. The quantitative estimate of drug-likeness (QED) is 0.922. The zero-order valence-corrected chi connectivity index (χ0v) is 14.0. The molecule has 1 fully saturated rings. The topological polar surface area (TPSA) is 32.3 Å². The Morgan fingerprint density at radius 1 is 1.00 bits per heavy atom. The van der Waals surface area contributed by atoms with E-state index in [4.69, 9.17) is 0 Å². The van der Waals surface area contributed by atoms with Crippen LogP contribution in [0.5, 0.6) is 0 Å². The first-order valence-electron chi connectivity index (χ1n) is 8.87. The molecule has 2 aromatic rings. The van der Waals surface area contributed by atoms with Crippen molar-refractivity contribution in [3.05, 3.63) is 71.3 Å². The molecule has 1 unspecified atom stereocenters. The van der Waals surface area contributed by atoms with Crippen LogP contribution in [0, 0.1) is 5.41 Å². The third kappa shape index (κ3) is 2.96. The van der Waals surface area contributed by atoms with E-state index >= 15 is 0 Å². The number of carbonyl (C=O) groups is 1. The summed E-state index contributed by atoms with van der Waals surface area (Å²) in [6, 6.07) is 19.0. The van der Waals surface area contributed by atoms with Crippen molar-refractivity contribution in [3.63, 3.8) is 0 Å². The van der Waals surface area contributed by atoms with Crippen LogP contribution in [-0.4, -0.2) is 23.9 Å². The molecule has 2 aliphatic rings. The number of likely N-dealkylation sites (tertiary alicyclic amines) is 1. The molecule has 1 saturated heterocycles. The Kier molecular flexibility index (Phi) is 4.11. The number of fused-ring (bicyclic) bond motifs is 1. The highest BCUT2D eigenvalue weighted by Gasteiger charge is 2.43. The molecular weight excluding hydrogens is 296 g/mol. The molecule has 3 nitrogen and oxygen atoms in total. The Balaban J connectivity index is 1.58. The fraction of sp³-hybridized carbons (Fsp3) is 0.381. The molecule has 4 rings (SSSR count). The van der Waals surface area contributed by atoms with Crippen molar-refractivity contribution in [3.8, 4) is 0 Å². The van der Waals surface area contributed by atoms with E-state index in [1.807, 2.05) is 0 Å². The average molecular weight is 320 g/mol. The van der Waals surface area contributed by atoms with Crippen LogP contribution in [0.3, 0.4) is 0 Å². The first-order chi connectivity index (χ1) is 11.8. The summed E-state index contributed by atoms with van der Waals surface area (Å²) in [4.78, 5) is 15.4. The molecule has 0 saturated carbocycles. The number of nitrogens with one attached hydrogen (secondary N) is 1. The van der Waals surface area contributed by atoms with E-state index in [0.29, 0.717) is 6.54 Å². The highest BCUT2D eigenvalue weighted by atomic mass is 16.2. The Labute approximate surface area is 143 Å². The summed E-state index contributed by atoms with van der Waals surface area (Å²) in [5.41, 5.74) is 3.64. The van der Waals surface area contributed by atoms with Crippen molar-refractivity contribution in [2.75, 3.05) is 13.1 Å². The lowest BCUT2D eigenvalue weighted by atomic mass is 9.74. The van der Waals surface area contributed by atoms with Gasteiger partial charge in [-0.05, 0) is 42.5 Å². The largest absolute Gasteiger partial charge is 0.351 e. The van der Waals surface area contributed by atoms with Crippen molar-refractivity contribution in [2.45, 2.75) is 32.4 Å². The van der Waals surface area contributed by atoms with Crippen LogP contribution in [0.1, 0.15) is 29.5 Å². The number of hydrogen-bond donors (Lipinski definition) is 1. The van der Waals surface area contributed by atoms with Gasteiger partial charge in [0.05, 0.1) is 5.41 Å². The van der Waals surface area contributed by atoms with Crippen LogP contribution in [0.25, 0.3) is 0 Å². The Bertz CT molecular complexity index is 728. The number of rotatable bonds is 2. The lowest BCUT2D eigenvalue weighted by molar-refractivity contribution is -0.134. The standard InChI is InChI=1S/C21H24N2O/c24-20-21(13-18-9-4-5-10-19(18)14-22-20)11-6-12-23(16-21)15-17-7-2-1-3-8-17/h1-5,7-10H,6,11-16H2,(H,22,24). The summed E-state index contributed by atoms with van der Waals surface area (Å²) in [6.45, 7) is 3.51. The summed E-state index contributed by atoms with van der Waals surface area (Å²) in [5.74, 6) is 0.233. The minimum absolute atomic E-state index is 0.233. The Hall–Kier alpha value is -2.13. The summed E-state index contributed by atoms with van der Waals surface area (Å²) in [6.07, 6.45) is 2.93. The number of hydrogen-bond acceptors (Lipinski definition) is 2. The highest BCUT2D eigenvalue weighted by Crippen LogP contribution is 2.37. The number of nitrogens with zero attached hydrogens (tertiary/aromatic N) is 1. The monoisotopic (exact) mass is 320 g/mol. The van der Waals surface area contributed by atoms with Crippen molar-refractivity contribution >= 4 is 5.91 Å². The van der Waals surface area contributed by atoms with Gasteiger partial charge >= 0.3 is 0 Å². The SMILES string of the molecule is O=C1NCc2ccccc2CC12CCCN(Cc1ccccc1)C2. The van der Waals surface area contributed by atoms with Gasteiger partial charge in [-0.2, -0.15) is 0 Å². The zero-order chi connectivity index (χ0) is 16.4. The van der Waals surface area contributed by atoms with Gasteiger partial charge in [-0.3, -0.25) is 9.69 Å². The number of carbonyl (C=O) groups excluding carboxylic acids is 1. The van der Waals surface area contributed by atoms with E-state index < -0.39 is 0 Å². The molecule has 0 aromatic heterocycles. The molecule has 1 atom stereocenters. The van der Waals surface area contributed by atoms with Crippen LogP contribution in [0.2, 0.25) is 0 Å². The van der Waals surface area contributed by atoms with E-state index in [2.05, 4.69) is 64.8 Å². The molecule has 1 amide bonds. The number of piperidine rings is 1. The van der Waals surface area contributed by atoms with Crippen molar-refractivity contribution < 1.29 is 4.79 Å². The number of amides is 1. The molecular formula is C21H24N2O. The highest BCUT2D eigenvalue weighted by molar-refractivity contribution is 5.84. The first kappa shape index (κ1) is 15.4. The Morgan fingerprint density at radius 3 is 2.58 bits per heavy atom. The van der Waals surface area contributed by atoms with Gasteiger partial charge in [0, 0.05) is 19.6 Å². The van der Waals surface area contributed by atoms with Gasteiger partial charge in [-0.25, -0.2) is 0 Å². The summed E-state index contributed by atoms with van der Waals surface area (Å²) in [5, 5.41) is 3.18. The molecule has 2 heterocycles. The lowest BCUT2D eigenvalue weighted by Gasteiger charge is -2.41. The smallest absolute Gasteiger partial charge is 0.228 e. The van der Waals surface area contributed by atoms with E-state index in [9.17, 15) is 4.79 Å². The maximum Gasteiger partial charge on any atom is 0.228 e. The zero-order valence-electron chi connectivity index (χ0n) is 14.0. The summed E-state index contributed by atoms with van der Waals surface area (Å²) < 4.78 is 0. The molecule has 24 heavy (non-hydrogen) atoms. The predicted molar refractivity (Wildman–Crippen MR) is 95.4 cm³/mol. The first-order valence-corrected chi connectivity index (χ1v) is 8.87. The van der Waals surface area contributed by atoms with Gasteiger partial charge in [-0.1, -0.05) is 54.6 Å². The molecule has 0 bridgehead atoms. The normalized spacial score (nSPS) is 24.2. The van der Waals surface area contributed by atoms with Gasteiger partial charge in [0.2, 0.25) is 5.91 Å². The second-order valence-corrected chi connectivity index (χ2v) is 7.21. The van der Waals surface area contributed by atoms with Crippen LogP contribution in [0.15, 0.2) is 54.6 Å². The van der Waals surface area contributed by atoms with E-state index in [0.717, 1.165) is 38.9 Å². The van der Waals surface area contributed by atoms with E-state index in [1.54, 1.807) is 0 Å². The molecule has 1 spiro atoms. The maximum atomic E-state index is 12.9. The predicted octanol–water partition coefficient (Wildman–Crippen LogP) is 3.14. The van der Waals surface area contributed by atoms with Gasteiger partial charge < -0.3 is 5.32 Å². The minimum atomic E-state index is -0.278. The third-order valence-electron chi connectivity index (χ3n) is 5.47. The molecule has 3 heteroatoms. The van der Waals surface area contributed by atoms with Crippen LogP contribution in [-0.2, 0) is 24.3 Å². The van der Waals surface area contributed by atoms with Crippen LogP contribution in [0.4, 0.5) is 0 Å². The Morgan fingerprint density at radius 2 is 1.75 bits per heavy atom. The van der Waals surface area contributed by atoms with E-state index in [-0.39, 0.29) is 11.3 Å². The molecule has 124 valence electrons. The van der Waals surface area contributed by atoms with Gasteiger partial charge in [-0.15, -0.1) is 0 Å². The van der Waals surface area contributed by atoms with Crippen molar-refractivity contribution in [1.29, 1.82) is 0 Å². The lowest BCUT2D eigenvalue weighted by Crippen LogP contribution is -2.51. The third-order valence-corrected chi connectivity index (χ3v) is 5.47.